The monoisotopic (exact) mass is 544 g/mol. The number of aliphatic hydroxyl groups excluding tert-OH is 1. The molecule has 6 nitrogen and oxygen atoms in total. The van der Waals surface area contributed by atoms with E-state index in [1.165, 1.54) is 19.3 Å². The van der Waals surface area contributed by atoms with E-state index in [0.717, 1.165) is 44.3 Å². The zero-order valence-corrected chi connectivity index (χ0v) is 25.5. The molecule has 0 heterocycles. The van der Waals surface area contributed by atoms with E-state index in [1.54, 1.807) is 18.2 Å². The Labute approximate surface area is 230 Å². The van der Waals surface area contributed by atoms with E-state index in [-0.39, 0.29) is 35.4 Å². The number of methoxy groups -OCH3 is 1. The van der Waals surface area contributed by atoms with Crippen molar-refractivity contribution in [1.82, 2.24) is 0 Å². The highest BCUT2D eigenvalue weighted by molar-refractivity contribution is 6.74. The van der Waals surface area contributed by atoms with Gasteiger partial charge in [0.15, 0.2) is 19.9 Å². The Bertz CT molecular complexity index is 992. The van der Waals surface area contributed by atoms with E-state index >= 15 is 0 Å². The lowest BCUT2D eigenvalue weighted by Gasteiger charge is -2.43. The zero-order chi connectivity index (χ0) is 28.6. The van der Waals surface area contributed by atoms with E-state index in [0.29, 0.717) is 12.0 Å². The van der Waals surface area contributed by atoms with Gasteiger partial charge in [-0.2, -0.15) is 0 Å². The number of carbonyl (C=O) groups is 3. The summed E-state index contributed by atoms with van der Waals surface area (Å²) in [5.74, 6) is -0.883. The van der Waals surface area contributed by atoms with Crippen LogP contribution in [0.3, 0.4) is 0 Å². The second kappa shape index (κ2) is 13.8. The molecule has 2 rings (SSSR count). The first-order chi connectivity index (χ1) is 17.8. The molecule has 7 heteroatoms. The maximum atomic E-state index is 13.4. The molecule has 0 aromatic heterocycles. The molecule has 0 bridgehead atoms. The van der Waals surface area contributed by atoms with Gasteiger partial charge >= 0.3 is 5.97 Å². The lowest BCUT2D eigenvalue weighted by atomic mass is 9.60. The second-order valence-electron chi connectivity index (χ2n) is 12.2. The third-order valence-electron chi connectivity index (χ3n) is 8.66. The Morgan fingerprint density at radius 2 is 1.79 bits per heavy atom. The van der Waals surface area contributed by atoms with Gasteiger partial charge in [0.05, 0.1) is 24.2 Å². The van der Waals surface area contributed by atoms with E-state index in [4.69, 9.17) is 9.16 Å². The van der Waals surface area contributed by atoms with Gasteiger partial charge in [-0.15, -0.1) is 0 Å². The van der Waals surface area contributed by atoms with Crippen molar-refractivity contribution in [1.29, 1.82) is 0 Å². The summed E-state index contributed by atoms with van der Waals surface area (Å²) >= 11 is 0. The first kappa shape index (κ1) is 32.1. The Morgan fingerprint density at radius 3 is 2.42 bits per heavy atom. The number of esters is 1. The van der Waals surface area contributed by atoms with Crippen LogP contribution in [0.25, 0.3) is 0 Å². The van der Waals surface area contributed by atoms with Gasteiger partial charge in [0.1, 0.15) is 0 Å². The number of ether oxygens (including phenoxy) is 1. The number of hydrogen-bond acceptors (Lipinski definition) is 6. The predicted molar refractivity (Wildman–Crippen MR) is 154 cm³/mol. The third kappa shape index (κ3) is 7.96. The van der Waals surface area contributed by atoms with E-state index < -0.39 is 25.8 Å². The highest BCUT2D eigenvalue weighted by atomic mass is 28.4. The number of benzene rings is 1. The van der Waals surface area contributed by atoms with Crippen LogP contribution in [0.1, 0.15) is 88.6 Å². The third-order valence-corrected chi connectivity index (χ3v) is 13.2. The Morgan fingerprint density at radius 1 is 1.11 bits per heavy atom. The molecule has 0 amide bonds. The van der Waals surface area contributed by atoms with Crippen LogP contribution in [0.15, 0.2) is 36.4 Å². The number of carbonyl (C=O) groups excluding carboxylic acids is 3. The van der Waals surface area contributed by atoms with Gasteiger partial charge in [-0.05, 0) is 73.2 Å². The largest absolute Gasteiger partial charge is 0.465 e. The summed E-state index contributed by atoms with van der Waals surface area (Å²) in [4.78, 5) is 37.9. The summed E-state index contributed by atoms with van der Waals surface area (Å²) in [6.45, 7) is 14.1. The van der Waals surface area contributed by atoms with Crippen molar-refractivity contribution in [2.45, 2.75) is 103 Å². The van der Waals surface area contributed by atoms with Crippen LogP contribution in [-0.4, -0.2) is 50.8 Å². The van der Waals surface area contributed by atoms with Crippen LogP contribution in [0.4, 0.5) is 0 Å². The number of unbranched alkanes of at least 4 members (excludes halogenated alkanes) is 3. The first-order valence-electron chi connectivity index (χ1n) is 14.0. The normalized spacial score (nSPS) is 19.9. The van der Waals surface area contributed by atoms with Gasteiger partial charge in [0.2, 0.25) is 0 Å². The summed E-state index contributed by atoms with van der Waals surface area (Å²) in [6.07, 6.45) is 7.30. The topological polar surface area (TPSA) is 89.9 Å². The van der Waals surface area contributed by atoms with Crippen molar-refractivity contribution >= 4 is 25.9 Å². The lowest BCUT2D eigenvalue weighted by Crippen LogP contribution is -2.51. The molecule has 3 atom stereocenters. The molecule has 0 spiro atoms. The van der Waals surface area contributed by atoms with Gasteiger partial charge in [-0.3, -0.25) is 9.59 Å². The molecular formula is C31H48O6Si. The lowest BCUT2D eigenvalue weighted by molar-refractivity contribution is -0.144. The van der Waals surface area contributed by atoms with Crippen molar-refractivity contribution in [2.24, 2.45) is 11.3 Å². The number of rotatable bonds is 14. The van der Waals surface area contributed by atoms with Crippen molar-refractivity contribution in [2.75, 3.05) is 13.7 Å². The quantitative estimate of drug-likeness (QED) is 0.164. The Kier molecular flexibility index (Phi) is 11.7. The summed E-state index contributed by atoms with van der Waals surface area (Å²) in [6, 6.07) is 6.89. The smallest absolute Gasteiger partial charge is 0.337 e. The number of hydrogen-bond donors (Lipinski definition) is 1. The highest BCUT2D eigenvalue weighted by Crippen LogP contribution is 2.45. The zero-order valence-electron chi connectivity index (χ0n) is 24.5. The van der Waals surface area contributed by atoms with Crippen LogP contribution in [0.2, 0.25) is 18.1 Å². The molecule has 1 aliphatic rings. The van der Waals surface area contributed by atoms with Crippen LogP contribution in [0.5, 0.6) is 0 Å². The Balaban J connectivity index is 2.07. The maximum Gasteiger partial charge on any atom is 0.337 e. The molecule has 0 saturated heterocycles. The van der Waals surface area contributed by atoms with E-state index in [1.807, 2.05) is 13.0 Å². The number of ketones is 2. The van der Waals surface area contributed by atoms with Crippen molar-refractivity contribution in [3.05, 3.63) is 47.5 Å². The van der Waals surface area contributed by atoms with E-state index in [9.17, 15) is 19.5 Å². The van der Waals surface area contributed by atoms with E-state index in [2.05, 4.69) is 33.9 Å². The average Bonchev–Trinajstić information content (AvgIpc) is 2.86. The van der Waals surface area contributed by atoms with Gasteiger partial charge in [-0.1, -0.05) is 65.5 Å². The summed E-state index contributed by atoms with van der Waals surface area (Å²) in [7, 11) is -0.406. The fraction of sp³-hybridized carbons (Fsp3) is 0.645. The van der Waals surface area contributed by atoms with Gasteiger partial charge < -0.3 is 14.3 Å². The summed E-state index contributed by atoms with van der Waals surface area (Å²) in [5, 5.41) is 11.7. The molecule has 0 aliphatic heterocycles. The minimum atomic E-state index is -1.73. The Hall–Kier alpha value is -2.09. The maximum absolute atomic E-state index is 13.4. The molecule has 1 aromatic rings. The highest BCUT2D eigenvalue weighted by Gasteiger charge is 2.51. The molecule has 212 valence electrons. The fourth-order valence-electron chi connectivity index (χ4n) is 5.22. The summed E-state index contributed by atoms with van der Waals surface area (Å²) in [5.41, 5.74) is -0.0410. The molecule has 1 aromatic carbocycles. The summed E-state index contributed by atoms with van der Waals surface area (Å²) < 4.78 is 11.1. The SMILES string of the molecule is CCC(CCCCCCO[Si](C)(C)C(C)(C)C)C1(C(O)Cc2cccc(C(=O)OC)c2)CC(=O)C=CC1=O. The van der Waals surface area contributed by atoms with Crippen LogP contribution in [0, 0.1) is 11.3 Å². The fourth-order valence-corrected chi connectivity index (χ4v) is 6.31. The minimum absolute atomic E-state index is 0.0129. The standard InChI is InChI=1S/C31H48O6Si/c1-8-25(16-11-9-10-12-19-37-38(6,7)30(2,3)4)31(22-26(32)17-18-27(31)33)28(34)21-23-14-13-15-24(20-23)29(35)36-5/h13-15,17-18,20,25,28,34H,8-12,16,19,21-22H2,1-7H3. The predicted octanol–water partition coefficient (Wildman–Crippen LogP) is 6.46. The molecule has 38 heavy (non-hydrogen) atoms. The van der Waals surface area contributed by atoms with Gasteiger partial charge in [-0.25, -0.2) is 4.79 Å². The average molecular weight is 545 g/mol. The minimum Gasteiger partial charge on any atom is -0.465 e. The van der Waals surface area contributed by atoms with Crippen molar-refractivity contribution in [3.8, 4) is 0 Å². The second-order valence-corrected chi connectivity index (χ2v) is 17.0. The number of aliphatic hydroxyl groups is 1. The first-order valence-corrected chi connectivity index (χ1v) is 16.9. The molecule has 3 unspecified atom stereocenters. The van der Waals surface area contributed by atoms with Crippen LogP contribution in [-0.2, 0) is 25.2 Å². The molecule has 0 saturated carbocycles. The van der Waals surface area contributed by atoms with Crippen molar-refractivity contribution in [3.63, 3.8) is 0 Å². The van der Waals surface area contributed by atoms with Crippen LogP contribution >= 0.6 is 0 Å². The molecule has 1 N–H and O–H groups in total. The number of allylic oxidation sites excluding steroid dienone is 2. The molecular weight excluding hydrogens is 496 g/mol. The molecule has 0 fully saturated rings. The van der Waals surface area contributed by atoms with Gasteiger partial charge in [0, 0.05) is 13.0 Å². The van der Waals surface area contributed by atoms with Gasteiger partial charge in [0.25, 0.3) is 0 Å². The molecule has 1 aliphatic carbocycles. The van der Waals surface area contributed by atoms with Crippen molar-refractivity contribution < 1.29 is 28.7 Å². The van der Waals surface area contributed by atoms with Crippen LogP contribution < -0.4 is 0 Å². The molecule has 0 radical (unpaired) electrons.